The van der Waals surface area contributed by atoms with Gasteiger partial charge in [0.1, 0.15) is 0 Å². The summed E-state index contributed by atoms with van der Waals surface area (Å²) in [4.78, 5) is 2.10. The minimum absolute atomic E-state index is 0.574. The zero-order chi connectivity index (χ0) is 16.2. The van der Waals surface area contributed by atoms with E-state index >= 15 is 0 Å². The van der Waals surface area contributed by atoms with Crippen LogP contribution in [-0.4, -0.2) is 41.2 Å². The van der Waals surface area contributed by atoms with E-state index in [4.69, 9.17) is 0 Å². The number of H-pyrrole nitrogens is 2. The van der Waals surface area contributed by atoms with E-state index in [1.165, 1.54) is 0 Å². The molecule has 0 aliphatic rings. The van der Waals surface area contributed by atoms with Gasteiger partial charge >= 0.3 is 0 Å². The predicted molar refractivity (Wildman–Crippen MR) is 90.9 cm³/mol. The molecule has 0 radical (unpaired) electrons. The summed E-state index contributed by atoms with van der Waals surface area (Å²) in [7, 11) is 3.24. The molecule has 0 saturated heterocycles. The summed E-state index contributed by atoms with van der Waals surface area (Å²) >= 11 is 0. The topological polar surface area (TPSA) is 109 Å². The summed E-state index contributed by atoms with van der Waals surface area (Å²) in [6.07, 6.45) is 0. The Balaban J connectivity index is 1.61. The van der Waals surface area contributed by atoms with Crippen LogP contribution in [0, 0.1) is 0 Å². The molecular weight excluding hydrogens is 344 g/mol. The number of rotatable bonds is 5. The first kappa shape index (κ1) is 14.8. The smallest absolute Gasteiger partial charge is 0.177 e. The van der Waals surface area contributed by atoms with Gasteiger partial charge in [0.25, 0.3) is 0 Å². The summed E-state index contributed by atoms with van der Waals surface area (Å²) in [5.41, 5.74) is 1.86. The molecule has 0 unspecified atom stereocenters. The predicted octanol–water partition coefficient (Wildman–Crippen LogP) is 2.85. The molecule has 0 atom stereocenters. The van der Waals surface area contributed by atoms with Gasteiger partial charge in [-0.2, -0.15) is 10.4 Å². The highest BCUT2D eigenvalue weighted by molar-refractivity contribution is 8.76. The summed E-state index contributed by atoms with van der Waals surface area (Å²) < 4.78 is 0. The van der Waals surface area contributed by atoms with Crippen LogP contribution >= 0.6 is 21.6 Å². The lowest BCUT2D eigenvalue weighted by Gasteiger charge is -2.07. The molecule has 2 heterocycles. The zero-order valence-electron chi connectivity index (χ0n) is 12.1. The van der Waals surface area contributed by atoms with Gasteiger partial charge in [0.15, 0.2) is 0 Å². The molecule has 2 N–H and O–H groups in total. The number of hydrogen-bond donors (Lipinski definition) is 2. The van der Waals surface area contributed by atoms with Gasteiger partial charge in [0.2, 0.25) is 11.6 Å². The Morgan fingerprint density at radius 1 is 0.625 bits per heavy atom. The number of benzene rings is 2. The fourth-order valence-electron chi connectivity index (χ4n) is 2.09. The molecule has 4 aromatic rings. The maximum Gasteiger partial charge on any atom is 0.205 e. The van der Waals surface area contributed by atoms with E-state index in [-0.39, 0.29) is 0 Å². The number of aromatic amines is 2. The van der Waals surface area contributed by atoms with Crippen LogP contribution < -0.4 is 0 Å². The van der Waals surface area contributed by atoms with Crippen LogP contribution in [0.25, 0.3) is 22.8 Å². The molecule has 0 saturated carbocycles. The van der Waals surface area contributed by atoms with E-state index in [2.05, 4.69) is 41.2 Å². The largest absolute Gasteiger partial charge is 0.205 e. The van der Waals surface area contributed by atoms with Crippen molar-refractivity contribution in [2.24, 2.45) is 0 Å². The molecule has 4 rings (SSSR count). The Morgan fingerprint density at radius 3 is 1.50 bits per heavy atom. The van der Waals surface area contributed by atoms with Gasteiger partial charge in [-0.05, 0) is 34.7 Å². The van der Waals surface area contributed by atoms with Gasteiger partial charge in [-0.15, -0.1) is 20.4 Å². The van der Waals surface area contributed by atoms with Gasteiger partial charge in [-0.25, -0.2) is 0 Å². The second-order valence-corrected chi connectivity index (χ2v) is 6.84. The van der Waals surface area contributed by atoms with Crippen LogP contribution in [0.4, 0.5) is 0 Å². The third-order valence-corrected chi connectivity index (χ3v) is 5.65. The molecule has 118 valence electrons. The Bertz CT molecular complexity index is 846. The van der Waals surface area contributed by atoms with Crippen LogP contribution in [0.1, 0.15) is 0 Å². The van der Waals surface area contributed by atoms with Crippen molar-refractivity contribution in [3.05, 3.63) is 48.5 Å². The monoisotopic (exact) mass is 354 g/mol. The number of aromatic nitrogens is 8. The van der Waals surface area contributed by atoms with Crippen LogP contribution in [-0.2, 0) is 0 Å². The molecule has 8 nitrogen and oxygen atoms in total. The molecular formula is C14H10N8S2. The maximum atomic E-state index is 4.06. The minimum atomic E-state index is 0.574. The van der Waals surface area contributed by atoms with Crippen molar-refractivity contribution in [1.82, 2.24) is 41.2 Å². The molecule has 0 aliphatic heterocycles. The molecule has 2 aromatic carbocycles. The summed E-state index contributed by atoms with van der Waals surface area (Å²) in [5, 5.41) is 28.5. The fourth-order valence-corrected chi connectivity index (χ4v) is 4.45. The third kappa shape index (κ3) is 3.01. The zero-order valence-corrected chi connectivity index (χ0v) is 13.8. The van der Waals surface area contributed by atoms with Crippen LogP contribution in [0.15, 0.2) is 58.3 Å². The first-order valence-corrected chi connectivity index (χ1v) is 9.07. The normalized spacial score (nSPS) is 10.8. The highest BCUT2D eigenvalue weighted by Gasteiger charge is 2.13. The molecule has 0 spiro atoms. The third-order valence-electron chi connectivity index (χ3n) is 3.17. The van der Waals surface area contributed by atoms with Gasteiger partial charge in [0.05, 0.1) is 0 Å². The Kier molecular flexibility index (Phi) is 4.21. The fraction of sp³-hybridized carbons (Fsp3) is 0. The number of tetrazole rings is 2. The quantitative estimate of drug-likeness (QED) is 0.527. The highest BCUT2D eigenvalue weighted by atomic mass is 33.1. The second-order valence-electron chi connectivity index (χ2n) is 4.63. The van der Waals surface area contributed by atoms with Crippen molar-refractivity contribution in [3.63, 3.8) is 0 Å². The summed E-state index contributed by atoms with van der Waals surface area (Å²) in [6.45, 7) is 0. The average molecular weight is 354 g/mol. The number of nitrogens with zero attached hydrogens (tertiary/aromatic N) is 6. The SMILES string of the molecule is c1ccc(-c2nn[nH]n2)c(SSc2ccccc2-c2nn[nH]n2)c1. The molecule has 2 aromatic heterocycles. The van der Waals surface area contributed by atoms with Crippen molar-refractivity contribution < 1.29 is 0 Å². The molecule has 10 heteroatoms. The number of hydrogen-bond acceptors (Lipinski definition) is 8. The standard InChI is InChI=1S/C14H10N8S2/c1-3-7-11(9(5-1)13-15-19-20-16-13)23-24-12-8-4-2-6-10(12)14-17-21-22-18-14/h1-8H,(H,15,16,19,20)(H,17,18,21,22). The summed E-state index contributed by atoms with van der Waals surface area (Å²) in [6, 6.07) is 15.9. The molecule has 0 bridgehead atoms. The van der Waals surface area contributed by atoms with Crippen molar-refractivity contribution in [3.8, 4) is 22.8 Å². The molecule has 24 heavy (non-hydrogen) atoms. The second kappa shape index (κ2) is 6.81. The van der Waals surface area contributed by atoms with Gasteiger partial charge in [0, 0.05) is 20.9 Å². The Labute approximate surface area is 144 Å². The molecule has 0 aliphatic carbocycles. The van der Waals surface area contributed by atoms with Gasteiger partial charge in [-0.3, -0.25) is 0 Å². The maximum absolute atomic E-state index is 4.06. The first-order valence-electron chi connectivity index (χ1n) is 6.92. The van der Waals surface area contributed by atoms with Crippen molar-refractivity contribution in [2.45, 2.75) is 9.79 Å². The van der Waals surface area contributed by atoms with E-state index in [1.54, 1.807) is 21.6 Å². The Hall–Kier alpha value is -2.72. The lowest BCUT2D eigenvalue weighted by atomic mass is 10.2. The van der Waals surface area contributed by atoms with Crippen molar-refractivity contribution >= 4 is 21.6 Å². The van der Waals surface area contributed by atoms with E-state index in [1.807, 2.05) is 48.5 Å². The summed E-state index contributed by atoms with van der Waals surface area (Å²) in [5.74, 6) is 1.15. The molecule has 0 amide bonds. The van der Waals surface area contributed by atoms with E-state index in [9.17, 15) is 0 Å². The first-order chi connectivity index (χ1) is 11.9. The van der Waals surface area contributed by atoms with Gasteiger partial charge < -0.3 is 0 Å². The van der Waals surface area contributed by atoms with E-state index in [0.29, 0.717) is 11.6 Å². The van der Waals surface area contributed by atoms with Crippen LogP contribution in [0.3, 0.4) is 0 Å². The number of nitrogens with one attached hydrogen (secondary N) is 2. The van der Waals surface area contributed by atoms with E-state index < -0.39 is 0 Å². The minimum Gasteiger partial charge on any atom is -0.177 e. The highest BCUT2D eigenvalue weighted by Crippen LogP contribution is 2.43. The van der Waals surface area contributed by atoms with Crippen molar-refractivity contribution in [1.29, 1.82) is 0 Å². The van der Waals surface area contributed by atoms with Crippen LogP contribution in [0.5, 0.6) is 0 Å². The lowest BCUT2D eigenvalue weighted by Crippen LogP contribution is -1.85. The Morgan fingerprint density at radius 2 is 1.08 bits per heavy atom. The van der Waals surface area contributed by atoms with Crippen LogP contribution in [0.2, 0.25) is 0 Å². The van der Waals surface area contributed by atoms with E-state index in [0.717, 1.165) is 20.9 Å². The molecule has 0 fully saturated rings. The average Bonchev–Trinajstić information content (AvgIpc) is 3.34. The lowest BCUT2D eigenvalue weighted by molar-refractivity contribution is 0.881. The van der Waals surface area contributed by atoms with Gasteiger partial charge in [-0.1, -0.05) is 45.9 Å². The van der Waals surface area contributed by atoms with Crippen molar-refractivity contribution in [2.75, 3.05) is 0 Å².